The van der Waals surface area contributed by atoms with Gasteiger partial charge in [0.1, 0.15) is 6.61 Å². The van der Waals surface area contributed by atoms with Gasteiger partial charge in [-0.15, -0.1) is 0 Å². The summed E-state index contributed by atoms with van der Waals surface area (Å²) in [5.41, 5.74) is 6.28. The molecule has 7 nitrogen and oxygen atoms in total. The number of ether oxygens (including phenoxy) is 4. The summed E-state index contributed by atoms with van der Waals surface area (Å²) in [6.07, 6.45) is 1.06. The van der Waals surface area contributed by atoms with Crippen LogP contribution in [0.2, 0.25) is 0 Å². The lowest BCUT2D eigenvalue weighted by atomic mass is 9.90. The van der Waals surface area contributed by atoms with Crippen LogP contribution in [-0.4, -0.2) is 52.1 Å². The van der Waals surface area contributed by atoms with Crippen LogP contribution in [0.3, 0.4) is 0 Å². The standard InChI is InChI=1S/C18H28N2O5/c1-13(20-17(21)18(19)6-8-24-9-7-18)14-4-5-15(16(12-14)23-3)25-11-10-22-2/h4-5,12-13H,6-11,19H2,1-3H3,(H,20,21). The first-order chi connectivity index (χ1) is 12.0. The van der Waals surface area contributed by atoms with Crippen LogP contribution in [0.4, 0.5) is 0 Å². The van der Waals surface area contributed by atoms with Crippen molar-refractivity contribution >= 4 is 5.91 Å². The minimum atomic E-state index is -0.861. The molecular weight excluding hydrogens is 324 g/mol. The molecule has 1 unspecified atom stereocenters. The SMILES string of the molecule is COCCOc1ccc(C(C)NC(=O)C2(N)CCOCC2)cc1OC. The number of hydrogen-bond acceptors (Lipinski definition) is 6. The summed E-state index contributed by atoms with van der Waals surface area (Å²) in [6, 6.07) is 5.40. The Labute approximate surface area is 148 Å². The van der Waals surface area contributed by atoms with Gasteiger partial charge in [-0.2, -0.15) is 0 Å². The maximum absolute atomic E-state index is 12.5. The molecule has 7 heteroatoms. The highest BCUT2D eigenvalue weighted by molar-refractivity contribution is 5.86. The highest BCUT2D eigenvalue weighted by atomic mass is 16.5. The fourth-order valence-electron chi connectivity index (χ4n) is 2.69. The van der Waals surface area contributed by atoms with E-state index in [-0.39, 0.29) is 11.9 Å². The van der Waals surface area contributed by atoms with Gasteiger partial charge in [0.25, 0.3) is 0 Å². The first-order valence-electron chi connectivity index (χ1n) is 8.47. The number of benzene rings is 1. The highest BCUT2D eigenvalue weighted by Gasteiger charge is 2.36. The number of rotatable bonds is 8. The quantitative estimate of drug-likeness (QED) is 0.687. The van der Waals surface area contributed by atoms with E-state index in [0.29, 0.717) is 50.8 Å². The zero-order valence-electron chi connectivity index (χ0n) is 15.2. The largest absolute Gasteiger partial charge is 0.493 e. The number of hydrogen-bond donors (Lipinski definition) is 2. The van der Waals surface area contributed by atoms with Gasteiger partial charge in [-0.1, -0.05) is 6.07 Å². The van der Waals surface area contributed by atoms with E-state index in [1.54, 1.807) is 14.2 Å². The van der Waals surface area contributed by atoms with Crippen molar-refractivity contribution in [3.8, 4) is 11.5 Å². The molecule has 0 spiro atoms. The predicted molar refractivity (Wildman–Crippen MR) is 93.9 cm³/mol. The third-order valence-corrected chi connectivity index (χ3v) is 4.42. The normalized spacial score (nSPS) is 17.6. The van der Waals surface area contributed by atoms with Crippen molar-refractivity contribution in [2.75, 3.05) is 40.6 Å². The smallest absolute Gasteiger partial charge is 0.240 e. The molecule has 0 aliphatic carbocycles. The lowest BCUT2D eigenvalue weighted by molar-refractivity contribution is -0.130. The summed E-state index contributed by atoms with van der Waals surface area (Å²) >= 11 is 0. The maximum Gasteiger partial charge on any atom is 0.240 e. The summed E-state index contributed by atoms with van der Waals surface area (Å²) in [4.78, 5) is 12.5. The number of methoxy groups -OCH3 is 2. The first-order valence-corrected chi connectivity index (χ1v) is 8.47. The molecule has 25 heavy (non-hydrogen) atoms. The molecule has 1 atom stereocenters. The summed E-state index contributed by atoms with van der Waals surface area (Å²) in [6.45, 7) is 3.88. The Morgan fingerprint density at radius 1 is 1.28 bits per heavy atom. The Bertz CT molecular complexity index is 573. The molecule has 0 bridgehead atoms. The third kappa shape index (κ3) is 5.07. The molecule has 1 amide bonds. The van der Waals surface area contributed by atoms with Crippen molar-refractivity contribution in [3.63, 3.8) is 0 Å². The van der Waals surface area contributed by atoms with Gasteiger partial charge in [0, 0.05) is 20.3 Å². The molecule has 0 saturated carbocycles. The van der Waals surface area contributed by atoms with Crippen molar-refractivity contribution in [2.45, 2.75) is 31.3 Å². The van der Waals surface area contributed by atoms with Crippen molar-refractivity contribution in [3.05, 3.63) is 23.8 Å². The predicted octanol–water partition coefficient (Wildman–Crippen LogP) is 1.41. The number of nitrogens with two attached hydrogens (primary N) is 1. The second-order valence-corrected chi connectivity index (χ2v) is 6.22. The molecule has 1 aromatic rings. The number of carbonyl (C=O) groups is 1. The van der Waals surface area contributed by atoms with Gasteiger partial charge in [0.2, 0.25) is 5.91 Å². The molecule has 0 aromatic heterocycles. The topological polar surface area (TPSA) is 92.0 Å². The maximum atomic E-state index is 12.5. The van der Waals surface area contributed by atoms with E-state index in [0.717, 1.165) is 5.56 Å². The molecule has 1 fully saturated rings. The number of carbonyl (C=O) groups excluding carboxylic acids is 1. The Hall–Kier alpha value is -1.83. The van der Waals surface area contributed by atoms with E-state index in [1.165, 1.54) is 0 Å². The molecule has 1 aliphatic rings. The van der Waals surface area contributed by atoms with E-state index in [9.17, 15) is 4.79 Å². The molecule has 1 saturated heterocycles. The number of nitrogens with one attached hydrogen (secondary N) is 1. The fourth-order valence-corrected chi connectivity index (χ4v) is 2.69. The number of amides is 1. The van der Waals surface area contributed by atoms with Gasteiger partial charge in [0.05, 0.1) is 25.3 Å². The molecule has 2 rings (SSSR count). The van der Waals surface area contributed by atoms with Crippen LogP contribution in [0.25, 0.3) is 0 Å². The van der Waals surface area contributed by atoms with Crippen LogP contribution in [0.15, 0.2) is 18.2 Å². The van der Waals surface area contributed by atoms with Gasteiger partial charge in [-0.3, -0.25) is 4.79 Å². The Kier molecular flexibility index (Phi) is 7.04. The summed E-state index contributed by atoms with van der Waals surface area (Å²) in [5.74, 6) is 1.10. The Morgan fingerprint density at radius 3 is 2.64 bits per heavy atom. The molecule has 1 aromatic carbocycles. The van der Waals surface area contributed by atoms with Crippen LogP contribution in [-0.2, 0) is 14.3 Å². The van der Waals surface area contributed by atoms with Crippen molar-refractivity contribution in [1.82, 2.24) is 5.32 Å². The lowest BCUT2D eigenvalue weighted by Crippen LogP contribution is -2.57. The molecular formula is C18H28N2O5. The monoisotopic (exact) mass is 352 g/mol. The average molecular weight is 352 g/mol. The highest BCUT2D eigenvalue weighted by Crippen LogP contribution is 2.30. The summed E-state index contributed by atoms with van der Waals surface area (Å²) in [7, 11) is 3.21. The van der Waals surface area contributed by atoms with Crippen LogP contribution >= 0.6 is 0 Å². The second-order valence-electron chi connectivity index (χ2n) is 6.22. The van der Waals surface area contributed by atoms with E-state index in [1.807, 2.05) is 25.1 Å². The Balaban J connectivity index is 2.03. The molecule has 1 heterocycles. The minimum absolute atomic E-state index is 0.150. The van der Waals surface area contributed by atoms with Gasteiger partial charge in [-0.05, 0) is 37.5 Å². The summed E-state index contributed by atoms with van der Waals surface area (Å²) in [5, 5.41) is 2.99. The van der Waals surface area contributed by atoms with Crippen LogP contribution in [0.5, 0.6) is 11.5 Å². The Morgan fingerprint density at radius 2 is 2.00 bits per heavy atom. The van der Waals surface area contributed by atoms with Gasteiger partial charge in [0.15, 0.2) is 11.5 Å². The third-order valence-electron chi connectivity index (χ3n) is 4.42. The van der Waals surface area contributed by atoms with Crippen LogP contribution < -0.4 is 20.5 Å². The zero-order valence-corrected chi connectivity index (χ0v) is 15.2. The lowest BCUT2D eigenvalue weighted by Gasteiger charge is -2.33. The molecule has 0 radical (unpaired) electrons. The first kappa shape index (κ1) is 19.5. The minimum Gasteiger partial charge on any atom is -0.493 e. The van der Waals surface area contributed by atoms with E-state index < -0.39 is 5.54 Å². The second kappa shape index (κ2) is 9.03. The zero-order chi connectivity index (χ0) is 18.3. The van der Waals surface area contributed by atoms with E-state index in [2.05, 4.69) is 5.32 Å². The molecule has 1 aliphatic heterocycles. The summed E-state index contributed by atoms with van der Waals surface area (Å²) < 4.78 is 21.3. The van der Waals surface area contributed by atoms with Gasteiger partial charge >= 0.3 is 0 Å². The van der Waals surface area contributed by atoms with Crippen LogP contribution in [0, 0.1) is 0 Å². The molecule has 140 valence electrons. The van der Waals surface area contributed by atoms with Crippen molar-refractivity contribution in [1.29, 1.82) is 0 Å². The average Bonchev–Trinajstić information content (AvgIpc) is 2.62. The van der Waals surface area contributed by atoms with Gasteiger partial charge < -0.3 is 30.0 Å². The fraction of sp³-hybridized carbons (Fsp3) is 0.611. The van der Waals surface area contributed by atoms with Crippen molar-refractivity contribution in [2.24, 2.45) is 5.73 Å². The molecule has 3 N–H and O–H groups in total. The van der Waals surface area contributed by atoms with Gasteiger partial charge in [-0.25, -0.2) is 0 Å². The van der Waals surface area contributed by atoms with Crippen molar-refractivity contribution < 1.29 is 23.7 Å². The van der Waals surface area contributed by atoms with Crippen LogP contribution in [0.1, 0.15) is 31.4 Å². The van der Waals surface area contributed by atoms with E-state index >= 15 is 0 Å². The van der Waals surface area contributed by atoms with E-state index in [4.69, 9.17) is 24.7 Å².